The smallest absolute Gasteiger partial charge is 0.307 e. The Morgan fingerprint density at radius 3 is 2.43 bits per heavy atom. The summed E-state index contributed by atoms with van der Waals surface area (Å²) < 4.78 is 10.6. The summed E-state index contributed by atoms with van der Waals surface area (Å²) in [6.07, 6.45) is 0. The van der Waals surface area contributed by atoms with Crippen molar-refractivity contribution < 1.29 is 24.2 Å². The van der Waals surface area contributed by atoms with E-state index in [1.807, 2.05) is 6.92 Å². The van der Waals surface area contributed by atoms with E-state index < -0.39 is 17.8 Å². The minimum absolute atomic E-state index is 0.351. The number of amides is 1. The summed E-state index contributed by atoms with van der Waals surface area (Å²) >= 11 is 0. The molecule has 0 aliphatic carbocycles. The number of methoxy groups -OCH3 is 1. The van der Waals surface area contributed by atoms with Gasteiger partial charge in [0.2, 0.25) is 5.91 Å². The Morgan fingerprint density at radius 2 is 1.90 bits per heavy atom. The van der Waals surface area contributed by atoms with Gasteiger partial charge >= 0.3 is 5.97 Å². The number of carboxylic acids is 1. The molecule has 0 saturated carbocycles. The standard InChI is InChI=1S/C15H21NO5/c1-5-21-12-7-6-11(8-13(12)20-4)16-14(17)9(2)10(3)15(18)19/h6-10H,5H2,1-4H3,(H,16,17)(H,18,19). The summed E-state index contributed by atoms with van der Waals surface area (Å²) in [6, 6.07) is 5.02. The SMILES string of the molecule is CCOc1ccc(NC(=O)C(C)C(C)C(=O)O)cc1OC. The molecule has 6 heteroatoms. The van der Waals surface area contributed by atoms with Crippen LogP contribution < -0.4 is 14.8 Å². The fourth-order valence-corrected chi connectivity index (χ4v) is 1.72. The van der Waals surface area contributed by atoms with Crippen molar-refractivity contribution in [3.63, 3.8) is 0 Å². The predicted octanol–water partition coefficient (Wildman–Crippen LogP) is 2.39. The summed E-state index contributed by atoms with van der Waals surface area (Å²) in [7, 11) is 1.51. The van der Waals surface area contributed by atoms with Crippen LogP contribution >= 0.6 is 0 Å². The highest BCUT2D eigenvalue weighted by Crippen LogP contribution is 2.30. The van der Waals surface area contributed by atoms with Gasteiger partial charge in [0.25, 0.3) is 0 Å². The molecule has 0 spiro atoms. The fraction of sp³-hybridized carbons (Fsp3) is 0.467. The molecule has 21 heavy (non-hydrogen) atoms. The molecule has 0 bridgehead atoms. The number of nitrogens with one attached hydrogen (secondary N) is 1. The third-order valence-corrected chi connectivity index (χ3v) is 3.28. The lowest BCUT2D eigenvalue weighted by Gasteiger charge is -2.17. The van der Waals surface area contributed by atoms with Gasteiger partial charge < -0.3 is 19.9 Å². The van der Waals surface area contributed by atoms with Crippen molar-refractivity contribution in [2.45, 2.75) is 20.8 Å². The van der Waals surface area contributed by atoms with E-state index in [1.54, 1.807) is 25.1 Å². The number of hydrogen-bond donors (Lipinski definition) is 2. The first kappa shape index (κ1) is 16.8. The van der Waals surface area contributed by atoms with Gasteiger partial charge in [0, 0.05) is 17.7 Å². The lowest BCUT2D eigenvalue weighted by Crippen LogP contribution is -2.29. The third kappa shape index (κ3) is 4.37. The van der Waals surface area contributed by atoms with Crippen molar-refractivity contribution >= 4 is 17.6 Å². The molecule has 0 aliphatic heterocycles. The number of carboxylic acid groups (broad SMARTS) is 1. The molecule has 1 amide bonds. The minimum Gasteiger partial charge on any atom is -0.493 e. The van der Waals surface area contributed by atoms with E-state index in [0.29, 0.717) is 23.8 Å². The van der Waals surface area contributed by atoms with Crippen LogP contribution in [0.2, 0.25) is 0 Å². The zero-order valence-corrected chi connectivity index (χ0v) is 12.7. The number of hydrogen-bond acceptors (Lipinski definition) is 4. The van der Waals surface area contributed by atoms with Crippen molar-refractivity contribution in [1.82, 2.24) is 0 Å². The first-order valence-electron chi connectivity index (χ1n) is 6.75. The number of ether oxygens (including phenoxy) is 2. The van der Waals surface area contributed by atoms with Gasteiger partial charge in [-0.3, -0.25) is 9.59 Å². The Kier molecular flexibility index (Phi) is 6.02. The van der Waals surface area contributed by atoms with E-state index in [4.69, 9.17) is 14.6 Å². The maximum Gasteiger partial charge on any atom is 0.307 e. The van der Waals surface area contributed by atoms with Crippen LogP contribution in [0, 0.1) is 11.8 Å². The topological polar surface area (TPSA) is 84.9 Å². The maximum absolute atomic E-state index is 12.0. The summed E-state index contributed by atoms with van der Waals surface area (Å²) in [5, 5.41) is 11.6. The molecule has 0 fully saturated rings. The Morgan fingerprint density at radius 1 is 1.24 bits per heavy atom. The summed E-state index contributed by atoms with van der Waals surface area (Å²) in [6.45, 7) is 5.46. The maximum atomic E-state index is 12.0. The summed E-state index contributed by atoms with van der Waals surface area (Å²) in [5.74, 6) is -1.65. The van der Waals surface area contributed by atoms with E-state index in [-0.39, 0.29) is 5.91 Å². The lowest BCUT2D eigenvalue weighted by atomic mass is 9.95. The average Bonchev–Trinajstić information content (AvgIpc) is 2.47. The average molecular weight is 295 g/mol. The summed E-state index contributed by atoms with van der Waals surface area (Å²) in [5.41, 5.74) is 0.532. The van der Waals surface area contributed by atoms with Crippen LogP contribution in [0.25, 0.3) is 0 Å². The van der Waals surface area contributed by atoms with E-state index in [1.165, 1.54) is 14.0 Å². The molecule has 116 valence electrons. The molecule has 1 rings (SSSR count). The fourth-order valence-electron chi connectivity index (χ4n) is 1.72. The number of rotatable bonds is 7. The van der Waals surface area contributed by atoms with E-state index in [9.17, 15) is 9.59 Å². The van der Waals surface area contributed by atoms with Gasteiger partial charge in [0.05, 0.1) is 19.6 Å². The molecule has 6 nitrogen and oxygen atoms in total. The number of carbonyl (C=O) groups excluding carboxylic acids is 1. The predicted molar refractivity (Wildman–Crippen MR) is 78.8 cm³/mol. The van der Waals surface area contributed by atoms with Gasteiger partial charge in [-0.2, -0.15) is 0 Å². The zero-order valence-electron chi connectivity index (χ0n) is 12.7. The van der Waals surface area contributed by atoms with Gasteiger partial charge in [0.1, 0.15) is 0 Å². The molecule has 0 heterocycles. The van der Waals surface area contributed by atoms with Gasteiger partial charge in [-0.25, -0.2) is 0 Å². The largest absolute Gasteiger partial charge is 0.493 e. The van der Waals surface area contributed by atoms with Crippen LogP contribution in [0.4, 0.5) is 5.69 Å². The molecule has 0 aliphatic rings. The van der Waals surface area contributed by atoms with Gasteiger partial charge in [-0.15, -0.1) is 0 Å². The number of carbonyl (C=O) groups is 2. The van der Waals surface area contributed by atoms with Gasteiger partial charge in [0.15, 0.2) is 11.5 Å². The Balaban J connectivity index is 2.83. The van der Waals surface area contributed by atoms with Gasteiger partial charge in [-0.05, 0) is 19.1 Å². The van der Waals surface area contributed by atoms with E-state index in [2.05, 4.69) is 5.32 Å². The monoisotopic (exact) mass is 295 g/mol. The molecule has 2 N–H and O–H groups in total. The number of benzene rings is 1. The van der Waals surface area contributed by atoms with Crippen LogP contribution in [-0.2, 0) is 9.59 Å². The third-order valence-electron chi connectivity index (χ3n) is 3.28. The van der Waals surface area contributed by atoms with Crippen molar-refractivity contribution in [3.8, 4) is 11.5 Å². The van der Waals surface area contributed by atoms with E-state index in [0.717, 1.165) is 0 Å². The van der Waals surface area contributed by atoms with Crippen molar-refractivity contribution in [3.05, 3.63) is 18.2 Å². The Bertz CT molecular complexity index is 515. The highest BCUT2D eigenvalue weighted by atomic mass is 16.5. The lowest BCUT2D eigenvalue weighted by molar-refractivity contribution is -0.145. The van der Waals surface area contributed by atoms with Crippen LogP contribution in [0.1, 0.15) is 20.8 Å². The number of anilines is 1. The minimum atomic E-state index is -0.998. The molecule has 1 aromatic rings. The van der Waals surface area contributed by atoms with E-state index >= 15 is 0 Å². The Hall–Kier alpha value is -2.24. The van der Waals surface area contributed by atoms with Crippen LogP contribution in [-0.4, -0.2) is 30.7 Å². The second-order valence-corrected chi connectivity index (χ2v) is 4.70. The molecular formula is C15H21NO5. The molecule has 1 aromatic carbocycles. The van der Waals surface area contributed by atoms with Crippen molar-refractivity contribution in [2.24, 2.45) is 11.8 Å². The van der Waals surface area contributed by atoms with Crippen LogP contribution in [0.15, 0.2) is 18.2 Å². The number of aliphatic carboxylic acids is 1. The first-order chi connectivity index (χ1) is 9.90. The molecule has 0 radical (unpaired) electrons. The van der Waals surface area contributed by atoms with Crippen LogP contribution in [0.5, 0.6) is 11.5 Å². The summed E-state index contributed by atoms with van der Waals surface area (Å²) in [4.78, 5) is 22.9. The molecule has 0 aromatic heterocycles. The highest BCUT2D eigenvalue weighted by molar-refractivity contribution is 5.95. The molecule has 2 unspecified atom stereocenters. The van der Waals surface area contributed by atoms with Crippen molar-refractivity contribution in [2.75, 3.05) is 19.0 Å². The second-order valence-electron chi connectivity index (χ2n) is 4.70. The quantitative estimate of drug-likeness (QED) is 0.806. The molecular weight excluding hydrogens is 274 g/mol. The molecule has 2 atom stereocenters. The first-order valence-corrected chi connectivity index (χ1v) is 6.75. The second kappa shape index (κ2) is 7.52. The highest BCUT2D eigenvalue weighted by Gasteiger charge is 2.25. The van der Waals surface area contributed by atoms with Crippen molar-refractivity contribution in [1.29, 1.82) is 0 Å². The Labute approximate surface area is 124 Å². The zero-order chi connectivity index (χ0) is 16.0. The molecule has 0 saturated heterocycles. The normalized spacial score (nSPS) is 13.1. The van der Waals surface area contributed by atoms with Gasteiger partial charge in [-0.1, -0.05) is 13.8 Å². The van der Waals surface area contributed by atoms with Crippen LogP contribution in [0.3, 0.4) is 0 Å².